The van der Waals surface area contributed by atoms with Gasteiger partial charge in [0, 0.05) is 55.7 Å². The number of carbonyl (C=O) groups is 5. The number of hydrogen-bond donors (Lipinski definition) is 8. The van der Waals surface area contributed by atoms with Gasteiger partial charge in [-0.15, -0.1) is 0 Å². The quantitative estimate of drug-likeness (QED) is 0.0552. The van der Waals surface area contributed by atoms with Gasteiger partial charge in [0.2, 0.25) is 17.5 Å². The van der Waals surface area contributed by atoms with Crippen molar-refractivity contribution >= 4 is 41.5 Å². The van der Waals surface area contributed by atoms with Crippen LogP contribution in [0.15, 0.2) is 24.3 Å². The first-order chi connectivity index (χ1) is 22.9. The second-order valence-electron chi connectivity index (χ2n) is 11.9. The van der Waals surface area contributed by atoms with Gasteiger partial charge < -0.3 is 36.4 Å². The fourth-order valence-electron chi connectivity index (χ4n) is 5.54. The number of unbranched alkanes of at least 4 members (excludes halogenated alkanes) is 1. The van der Waals surface area contributed by atoms with Crippen molar-refractivity contribution in [2.45, 2.75) is 86.6 Å². The number of carboxylic acids is 1. The van der Waals surface area contributed by atoms with Crippen molar-refractivity contribution in [1.29, 1.82) is 0 Å². The number of halogens is 3. The van der Waals surface area contributed by atoms with Crippen molar-refractivity contribution in [3.8, 4) is 0 Å². The van der Waals surface area contributed by atoms with Crippen molar-refractivity contribution in [1.82, 2.24) is 37.4 Å². The first-order valence-electron chi connectivity index (χ1n) is 15.9. The fraction of sp³-hybridized carbons (Fsp3) is 0.633. The van der Waals surface area contributed by atoms with Crippen LogP contribution in [0.4, 0.5) is 18.0 Å². The average Bonchev–Trinajstić information content (AvgIpc) is 3.68. The molecule has 1 aromatic carbocycles. The van der Waals surface area contributed by atoms with Crippen LogP contribution in [0, 0.1) is 0 Å². The minimum atomic E-state index is -4.60. The molecule has 3 heterocycles. The van der Waals surface area contributed by atoms with Crippen LogP contribution in [0.5, 0.6) is 0 Å². The molecule has 3 fully saturated rings. The van der Waals surface area contributed by atoms with E-state index in [4.69, 9.17) is 9.84 Å². The molecule has 0 saturated carbocycles. The Balaban J connectivity index is 1.05. The minimum Gasteiger partial charge on any atom is -0.481 e. The molecular weight excluding hydrogens is 659 g/mol. The largest absolute Gasteiger partial charge is 0.481 e. The van der Waals surface area contributed by atoms with E-state index in [0.717, 1.165) is 37.1 Å². The third-order valence-electron chi connectivity index (χ3n) is 8.28. The molecule has 0 aromatic heterocycles. The van der Waals surface area contributed by atoms with Gasteiger partial charge in [-0.3, -0.25) is 19.2 Å². The zero-order valence-corrected chi connectivity index (χ0v) is 27.1. The molecule has 1 unspecified atom stereocenters. The highest BCUT2D eigenvalue weighted by molar-refractivity contribution is 8.00. The number of ether oxygens (including phenoxy) is 1. The van der Waals surface area contributed by atoms with Gasteiger partial charge in [0.25, 0.3) is 5.91 Å². The number of rotatable bonds is 20. The highest BCUT2D eigenvalue weighted by Crippen LogP contribution is 2.42. The molecule has 0 bridgehead atoms. The third kappa shape index (κ3) is 10.4. The number of aliphatic carboxylic acids is 1. The second kappa shape index (κ2) is 17.2. The number of carboxylic acid groups (broad SMARTS) is 1. The van der Waals surface area contributed by atoms with Crippen LogP contribution in [0.3, 0.4) is 0 Å². The van der Waals surface area contributed by atoms with E-state index in [1.165, 1.54) is 12.1 Å². The van der Waals surface area contributed by atoms with Gasteiger partial charge in [-0.1, -0.05) is 18.6 Å². The van der Waals surface area contributed by atoms with Gasteiger partial charge in [-0.05, 0) is 49.8 Å². The van der Waals surface area contributed by atoms with Gasteiger partial charge in [0.15, 0.2) is 0 Å². The molecule has 4 atom stereocenters. The van der Waals surface area contributed by atoms with Gasteiger partial charge in [0.05, 0.1) is 12.1 Å². The molecule has 3 aliphatic rings. The summed E-state index contributed by atoms with van der Waals surface area (Å²) in [5.74, 6) is -1.60. The highest BCUT2D eigenvalue weighted by Gasteiger charge is 2.65. The van der Waals surface area contributed by atoms with Crippen LogP contribution in [0.1, 0.15) is 67.3 Å². The number of benzene rings is 1. The van der Waals surface area contributed by atoms with Crippen molar-refractivity contribution in [2.24, 2.45) is 0 Å². The Kier molecular flexibility index (Phi) is 13.3. The van der Waals surface area contributed by atoms with E-state index in [2.05, 4.69) is 37.4 Å². The lowest BCUT2D eigenvalue weighted by Crippen LogP contribution is -2.47. The Bertz CT molecular complexity index is 1300. The molecule has 0 radical (unpaired) electrons. The molecule has 8 N–H and O–H groups in total. The van der Waals surface area contributed by atoms with Crippen molar-refractivity contribution < 1.29 is 47.0 Å². The highest BCUT2D eigenvalue weighted by atomic mass is 32.2. The normalized spacial score (nSPS) is 21.4. The first kappa shape index (κ1) is 37.2. The minimum absolute atomic E-state index is 0.00478. The number of nitrogens with one attached hydrogen (secondary N) is 7. The molecule has 14 nitrogen and oxygen atoms in total. The number of alkyl halides is 3. The van der Waals surface area contributed by atoms with Gasteiger partial charge >= 0.3 is 18.2 Å². The zero-order valence-electron chi connectivity index (χ0n) is 26.3. The van der Waals surface area contributed by atoms with Gasteiger partial charge in [-0.2, -0.15) is 24.9 Å². The molecule has 18 heteroatoms. The van der Waals surface area contributed by atoms with Crippen molar-refractivity contribution in [3.63, 3.8) is 0 Å². The van der Waals surface area contributed by atoms with E-state index >= 15 is 0 Å². The van der Waals surface area contributed by atoms with E-state index in [0.29, 0.717) is 44.3 Å². The SMILES string of the molecule is O=C(O)CCC(NC(=O)c1ccc(C2(C(F)(F)F)NN2)cc1)C(=O)NCCCOCCCNC(=O)CCCC[C@@H]1SC[C@@H]2NC(=O)N[C@@H]21. The first-order valence-corrected chi connectivity index (χ1v) is 17.0. The lowest BCUT2D eigenvalue weighted by Gasteiger charge is -2.19. The molecule has 5 amide bonds. The maximum Gasteiger partial charge on any atom is 0.426 e. The molecule has 4 rings (SSSR count). The van der Waals surface area contributed by atoms with E-state index in [9.17, 15) is 37.1 Å². The predicted molar refractivity (Wildman–Crippen MR) is 169 cm³/mol. The molecule has 3 saturated heterocycles. The Morgan fingerprint density at radius 1 is 0.979 bits per heavy atom. The predicted octanol–water partition coefficient (Wildman–Crippen LogP) is 1.23. The van der Waals surface area contributed by atoms with Gasteiger partial charge in [0.1, 0.15) is 6.04 Å². The smallest absolute Gasteiger partial charge is 0.426 e. The van der Waals surface area contributed by atoms with E-state index in [1.807, 2.05) is 11.8 Å². The Morgan fingerprint density at radius 2 is 1.67 bits per heavy atom. The van der Waals surface area contributed by atoms with Crippen LogP contribution in [0.2, 0.25) is 0 Å². The van der Waals surface area contributed by atoms with Crippen LogP contribution in [0.25, 0.3) is 0 Å². The monoisotopic (exact) mass is 701 g/mol. The summed E-state index contributed by atoms with van der Waals surface area (Å²) in [4.78, 5) is 60.1. The number of amides is 5. The molecular formula is C30H42F3N7O7S. The summed E-state index contributed by atoms with van der Waals surface area (Å²) >= 11 is 1.86. The number of fused-ring (bicyclic) bond motifs is 1. The number of thioether (sulfide) groups is 1. The lowest BCUT2D eigenvalue weighted by atomic mass is 10.0. The maximum absolute atomic E-state index is 13.3. The maximum atomic E-state index is 13.3. The Morgan fingerprint density at radius 3 is 2.31 bits per heavy atom. The summed E-state index contributed by atoms with van der Waals surface area (Å²) in [7, 11) is 0. The zero-order chi connectivity index (χ0) is 34.7. The lowest BCUT2D eigenvalue weighted by molar-refractivity contribution is -0.165. The average molecular weight is 702 g/mol. The Labute approximate surface area is 279 Å². The Hall–Kier alpha value is -3.61. The fourth-order valence-corrected chi connectivity index (χ4v) is 7.08. The molecule has 0 spiro atoms. The molecule has 1 aromatic rings. The summed E-state index contributed by atoms with van der Waals surface area (Å²) in [6.07, 6.45) is -1.03. The number of hydrazine groups is 1. The van der Waals surface area contributed by atoms with Crippen LogP contribution in [-0.4, -0.2) is 96.4 Å². The molecule has 48 heavy (non-hydrogen) atoms. The number of carbonyl (C=O) groups excluding carboxylic acids is 4. The molecule has 3 aliphatic heterocycles. The summed E-state index contributed by atoms with van der Waals surface area (Å²) in [5, 5.41) is 23.3. The second-order valence-corrected chi connectivity index (χ2v) is 13.1. The molecule has 266 valence electrons. The summed E-state index contributed by atoms with van der Waals surface area (Å²) < 4.78 is 45.4. The van der Waals surface area contributed by atoms with Crippen molar-refractivity contribution in [2.75, 3.05) is 32.1 Å². The van der Waals surface area contributed by atoms with E-state index < -0.39 is 35.7 Å². The third-order valence-corrected chi connectivity index (χ3v) is 9.79. The van der Waals surface area contributed by atoms with Crippen LogP contribution in [-0.2, 0) is 24.8 Å². The number of urea groups is 1. The summed E-state index contributed by atoms with van der Waals surface area (Å²) in [6.45, 7) is 1.40. The van der Waals surface area contributed by atoms with Crippen molar-refractivity contribution in [3.05, 3.63) is 35.4 Å². The van der Waals surface area contributed by atoms with Crippen LogP contribution < -0.4 is 37.4 Å². The summed E-state index contributed by atoms with van der Waals surface area (Å²) in [5.41, 5.74) is 1.64. The summed E-state index contributed by atoms with van der Waals surface area (Å²) in [6, 6.07) is 3.75. The van der Waals surface area contributed by atoms with E-state index in [1.54, 1.807) is 0 Å². The number of hydrogen-bond acceptors (Lipinski definition) is 9. The van der Waals surface area contributed by atoms with Gasteiger partial charge in [-0.25, -0.2) is 15.6 Å². The topological polar surface area (TPSA) is 219 Å². The van der Waals surface area contributed by atoms with Crippen LogP contribution >= 0.6 is 11.8 Å². The molecule has 0 aliphatic carbocycles. The van der Waals surface area contributed by atoms with E-state index in [-0.39, 0.29) is 54.5 Å². The standard InChI is InChI=1S/C30H42F3N7O7S/c31-30(32,33)29(39-40-29)19-9-7-18(8-10-19)26(44)36-20(11-12-24(42)43)27(45)35-14-4-16-47-15-3-13-34-23(41)6-2-1-5-22-25-21(17-48-22)37-28(46)38-25/h7-10,20-22,25,39-40H,1-6,11-17H2,(H,34,41)(H,35,45)(H,36,44)(H,42,43)(H2,37,38,46)/t20?,21-,22-,25-/m0/s1.